The Balaban J connectivity index is 1.71. The number of nitriles is 1. The van der Waals surface area contributed by atoms with Gasteiger partial charge in [0.05, 0.1) is 16.8 Å². The van der Waals surface area contributed by atoms with E-state index in [2.05, 4.69) is 11.1 Å². The topological polar surface area (TPSA) is 77.2 Å². The van der Waals surface area contributed by atoms with Crippen molar-refractivity contribution in [3.05, 3.63) is 88.2 Å². The number of rotatable bonds is 6. The lowest BCUT2D eigenvalue weighted by atomic mass is 9.95. The van der Waals surface area contributed by atoms with Gasteiger partial charge in [0, 0.05) is 18.3 Å². The zero-order valence-electron chi connectivity index (χ0n) is 20.3. The average Bonchev–Trinajstić information content (AvgIpc) is 2.88. The van der Waals surface area contributed by atoms with Gasteiger partial charge < -0.3 is 5.11 Å². The van der Waals surface area contributed by atoms with Crippen molar-refractivity contribution < 1.29 is 23.1 Å². The first-order valence-corrected chi connectivity index (χ1v) is 12.0. The number of hydrogen-bond acceptors (Lipinski definition) is 4. The van der Waals surface area contributed by atoms with Crippen LogP contribution in [0.5, 0.6) is 0 Å². The van der Waals surface area contributed by atoms with Crippen LogP contribution in [0.3, 0.4) is 0 Å². The van der Waals surface area contributed by atoms with Gasteiger partial charge in [0.2, 0.25) is 0 Å². The van der Waals surface area contributed by atoms with E-state index < -0.39 is 23.8 Å². The molecule has 0 aliphatic carbocycles. The minimum absolute atomic E-state index is 0.0435. The first-order valence-electron chi connectivity index (χ1n) is 12.0. The summed E-state index contributed by atoms with van der Waals surface area (Å²) in [6, 6.07) is 15.0. The number of carboxylic acids is 1. The first kappa shape index (κ1) is 26.1. The third-order valence-corrected chi connectivity index (χ3v) is 6.68. The number of aliphatic carboxylic acids is 1. The second-order valence-corrected chi connectivity index (χ2v) is 9.11. The molecule has 4 rings (SSSR count). The smallest absolute Gasteiger partial charge is 0.416 e. The van der Waals surface area contributed by atoms with Gasteiger partial charge >= 0.3 is 12.1 Å². The van der Waals surface area contributed by atoms with Crippen molar-refractivity contribution in [2.75, 3.05) is 6.54 Å². The molecule has 0 spiro atoms. The Labute approximate surface area is 213 Å². The van der Waals surface area contributed by atoms with Gasteiger partial charge in [0.25, 0.3) is 0 Å². The second-order valence-electron chi connectivity index (χ2n) is 9.11. The molecule has 5 nitrogen and oxygen atoms in total. The summed E-state index contributed by atoms with van der Waals surface area (Å²) in [6.45, 7) is 2.39. The molecule has 190 valence electrons. The van der Waals surface area contributed by atoms with Gasteiger partial charge in [-0.2, -0.15) is 18.4 Å². The Morgan fingerprint density at radius 2 is 1.95 bits per heavy atom. The van der Waals surface area contributed by atoms with Crippen LogP contribution >= 0.6 is 0 Å². The maximum Gasteiger partial charge on any atom is 0.416 e. The van der Waals surface area contributed by atoms with E-state index in [0.29, 0.717) is 29.7 Å². The number of aromatic nitrogens is 1. The minimum atomic E-state index is -4.62. The number of benzene rings is 2. The molecule has 0 unspecified atom stereocenters. The summed E-state index contributed by atoms with van der Waals surface area (Å²) >= 11 is 0. The quantitative estimate of drug-likeness (QED) is 0.411. The van der Waals surface area contributed by atoms with E-state index in [0.717, 1.165) is 24.5 Å². The van der Waals surface area contributed by atoms with E-state index in [4.69, 9.17) is 0 Å². The molecule has 8 heteroatoms. The first-order chi connectivity index (χ1) is 17.7. The number of likely N-dealkylation sites (tertiary alicyclic amines) is 1. The molecular weight excluding hydrogens is 479 g/mol. The van der Waals surface area contributed by atoms with Crippen molar-refractivity contribution in [1.29, 1.82) is 5.26 Å². The van der Waals surface area contributed by atoms with Crippen LogP contribution in [0.1, 0.15) is 52.8 Å². The molecule has 1 atom stereocenters. The van der Waals surface area contributed by atoms with Crippen LogP contribution in [0.2, 0.25) is 0 Å². The molecule has 1 fully saturated rings. The van der Waals surface area contributed by atoms with Gasteiger partial charge in [0.1, 0.15) is 12.1 Å². The van der Waals surface area contributed by atoms with Gasteiger partial charge in [-0.3, -0.25) is 14.7 Å². The van der Waals surface area contributed by atoms with Gasteiger partial charge in [-0.1, -0.05) is 48.9 Å². The van der Waals surface area contributed by atoms with Crippen LogP contribution in [0.4, 0.5) is 13.2 Å². The lowest BCUT2D eigenvalue weighted by Crippen LogP contribution is -2.44. The van der Waals surface area contributed by atoms with E-state index in [-0.39, 0.29) is 23.4 Å². The summed E-state index contributed by atoms with van der Waals surface area (Å²) in [7, 11) is 0. The number of piperidine rings is 1. The van der Waals surface area contributed by atoms with Crippen LogP contribution in [0.15, 0.2) is 54.7 Å². The predicted molar refractivity (Wildman–Crippen MR) is 135 cm³/mol. The summed E-state index contributed by atoms with van der Waals surface area (Å²) < 4.78 is 42.3. The van der Waals surface area contributed by atoms with Crippen LogP contribution in [0.25, 0.3) is 23.3 Å². The SMILES string of the molecule is Cc1cc(/C=C/c2nccc(-c3ccccc3)c2C#N)c(C(F)(F)F)cc1CN1CCCC[C@H]1C(=O)O. The van der Waals surface area contributed by atoms with Gasteiger partial charge in [-0.05, 0) is 66.8 Å². The molecule has 3 aromatic rings. The monoisotopic (exact) mass is 505 g/mol. The van der Waals surface area contributed by atoms with E-state index in [9.17, 15) is 28.3 Å². The molecule has 37 heavy (non-hydrogen) atoms. The van der Waals surface area contributed by atoms with Crippen LogP contribution in [-0.4, -0.2) is 33.5 Å². The molecule has 0 amide bonds. The van der Waals surface area contributed by atoms with E-state index in [1.165, 1.54) is 24.4 Å². The number of halogens is 3. The maximum absolute atomic E-state index is 14.1. The highest BCUT2D eigenvalue weighted by Gasteiger charge is 2.34. The summed E-state index contributed by atoms with van der Waals surface area (Å²) in [5.74, 6) is -0.952. The second kappa shape index (κ2) is 11.0. The Hall–Kier alpha value is -3.96. The zero-order valence-corrected chi connectivity index (χ0v) is 20.3. The number of alkyl halides is 3. The Kier molecular flexibility index (Phi) is 7.74. The Morgan fingerprint density at radius 1 is 1.19 bits per heavy atom. The van der Waals surface area contributed by atoms with E-state index in [1.54, 1.807) is 17.9 Å². The van der Waals surface area contributed by atoms with Crippen molar-refractivity contribution >= 4 is 18.1 Å². The number of pyridine rings is 1. The fourth-order valence-electron chi connectivity index (χ4n) is 4.76. The van der Waals surface area contributed by atoms with E-state index >= 15 is 0 Å². The molecule has 1 aliphatic heterocycles. The third kappa shape index (κ3) is 5.89. The highest BCUT2D eigenvalue weighted by atomic mass is 19.4. The third-order valence-electron chi connectivity index (χ3n) is 6.68. The van der Waals surface area contributed by atoms with Gasteiger partial charge in [0.15, 0.2) is 0 Å². The molecule has 0 bridgehead atoms. The van der Waals surface area contributed by atoms with Crippen LogP contribution in [0, 0.1) is 18.3 Å². The van der Waals surface area contributed by atoms with Crippen LogP contribution < -0.4 is 0 Å². The zero-order chi connectivity index (χ0) is 26.6. The molecule has 1 N–H and O–H groups in total. The molecule has 0 radical (unpaired) electrons. The number of hydrogen-bond donors (Lipinski definition) is 1. The molecule has 0 saturated carbocycles. The van der Waals surface area contributed by atoms with E-state index in [1.807, 2.05) is 30.3 Å². The number of nitrogens with zero attached hydrogens (tertiary/aromatic N) is 3. The standard InChI is InChI=1S/C29H26F3N3O2/c1-19-15-21(10-11-26-24(17-33)23(12-13-34-26)20-7-3-2-4-8-20)25(29(30,31)32)16-22(19)18-35-14-6-5-9-27(35)28(36)37/h2-4,7-8,10-13,15-16,27H,5-6,9,14,18H2,1H3,(H,36,37)/b11-10+/t27-/m0/s1. The van der Waals surface area contributed by atoms with Crippen molar-refractivity contribution in [2.24, 2.45) is 0 Å². The molecule has 1 aliphatic rings. The normalized spacial score (nSPS) is 16.6. The Morgan fingerprint density at radius 3 is 2.62 bits per heavy atom. The number of carbonyl (C=O) groups is 1. The Bertz CT molecular complexity index is 1360. The molecule has 1 aromatic heterocycles. The fraction of sp³-hybridized carbons (Fsp3) is 0.276. The van der Waals surface area contributed by atoms with Gasteiger partial charge in [-0.15, -0.1) is 0 Å². The van der Waals surface area contributed by atoms with Crippen LogP contribution in [-0.2, 0) is 17.5 Å². The summed E-state index contributed by atoms with van der Waals surface area (Å²) in [5, 5.41) is 19.3. The van der Waals surface area contributed by atoms with Crippen molar-refractivity contribution in [3.8, 4) is 17.2 Å². The molecule has 1 saturated heterocycles. The van der Waals surface area contributed by atoms with Crippen molar-refractivity contribution in [3.63, 3.8) is 0 Å². The predicted octanol–water partition coefficient (Wildman–Crippen LogP) is 6.56. The highest BCUT2D eigenvalue weighted by molar-refractivity contribution is 5.79. The summed E-state index contributed by atoms with van der Waals surface area (Å²) in [5.41, 5.74) is 2.23. The number of aryl methyl sites for hydroxylation is 1. The molecule has 2 aromatic carbocycles. The molecule has 2 heterocycles. The van der Waals surface area contributed by atoms with Gasteiger partial charge in [-0.25, -0.2) is 0 Å². The maximum atomic E-state index is 14.1. The highest BCUT2D eigenvalue weighted by Crippen LogP contribution is 2.36. The largest absolute Gasteiger partial charge is 0.480 e. The van der Waals surface area contributed by atoms with Crippen molar-refractivity contribution in [1.82, 2.24) is 9.88 Å². The lowest BCUT2D eigenvalue weighted by Gasteiger charge is -2.33. The average molecular weight is 506 g/mol. The minimum Gasteiger partial charge on any atom is -0.480 e. The van der Waals surface area contributed by atoms with Crippen molar-refractivity contribution in [2.45, 2.75) is 44.9 Å². The fourth-order valence-corrected chi connectivity index (χ4v) is 4.76. The lowest BCUT2D eigenvalue weighted by molar-refractivity contribution is -0.145. The number of carboxylic acid groups (broad SMARTS) is 1. The summed E-state index contributed by atoms with van der Waals surface area (Å²) in [6.07, 6.45) is 1.75. The summed E-state index contributed by atoms with van der Waals surface area (Å²) in [4.78, 5) is 17.6. The molecular formula is C29H26F3N3O2.